The van der Waals surface area contributed by atoms with Crippen LogP contribution in [0.25, 0.3) is 0 Å². The second-order valence-corrected chi connectivity index (χ2v) is 5.01. The molecule has 0 heterocycles. The van der Waals surface area contributed by atoms with E-state index in [1.165, 1.54) is 0 Å². The first-order valence-corrected chi connectivity index (χ1v) is 5.14. The lowest BCUT2D eigenvalue weighted by Gasteiger charge is -2.22. The van der Waals surface area contributed by atoms with Crippen LogP contribution in [0.3, 0.4) is 0 Å². The molecule has 1 fully saturated rings. The number of aliphatic hydroxyl groups excluding tert-OH is 1. The summed E-state index contributed by atoms with van der Waals surface area (Å²) >= 11 is 0. The molecule has 16 heavy (non-hydrogen) atoms. The molecular formula is C10H17F2NO3. The molecule has 0 aromatic heterocycles. The highest BCUT2D eigenvalue weighted by atomic mass is 19.3. The number of halogens is 2. The summed E-state index contributed by atoms with van der Waals surface area (Å²) in [6.07, 6.45) is -1.08. The highest BCUT2D eigenvalue weighted by Crippen LogP contribution is 2.50. The van der Waals surface area contributed by atoms with Crippen molar-refractivity contribution in [2.45, 2.75) is 44.8 Å². The predicted octanol–water partition coefficient (Wildman–Crippen LogP) is 1.53. The van der Waals surface area contributed by atoms with E-state index in [2.05, 4.69) is 5.32 Å². The normalized spacial score (nSPS) is 24.8. The summed E-state index contributed by atoms with van der Waals surface area (Å²) < 4.78 is 30.3. The fraction of sp³-hybridized carbons (Fsp3) is 0.900. The molecule has 1 aliphatic rings. The fourth-order valence-corrected chi connectivity index (χ4v) is 1.40. The number of carbonyl (C=O) groups excluding carboxylic acids is 1. The van der Waals surface area contributed by atoms with E-state index in [9.17, 15) is 13.6 Å². The van der Waals surface area contributed by atoms with Crippen molar-refractivity contribution >= 4 is 6.09 Å². The van der Waals surface area contributed by atoms with Gasteiger partial charge < -0.3 is 15.2 Å². The minimum absolute atomic E-state index is 0.298. The zero-order valence-corrected chi connectivity index (χ0v) is 9.59. The predicted molar refractivity (Wildman–Crippen MR) is 53.3 cm³/mol. The zero-order valence-electron chi connectivity index (χ0n) is 9.59. The molecule has 4 nitrogen and oxygen atoms in total. The molecule has 0 radical (unpaired) electrons. The number of alkyl carbamates (subject to hydrolysis) is 1. The van der Waals surface area contributed by atoms with E-state index in [4.69, 9.17) is 9.84 Å². The van der Waals surface area contributed by atoms with Gasteiger partial charge in [0.15, 0.2) is 0 Å². The van der Waals surface area contributed by atoms with Gasteiger partial charge in [0.25, 0.3) is 5.92 Å². The molecule has 1 amide bonds. The van der Waals surface area contributed by atoms with Crippen molar-refractivity contribution in [1.29, 1.82) is 0 Å². The number of amides is 1. The van der Waals surface area contributed by atoms with Crippen molar-refractivity contribution in [2.24, 2.45) is 5.92 Å². The molecule has 0 spiro atoms. The summed E-state index contributed by atoms with van der Waals surface area (Å²) in [5.74, 6) is -3.76. The van der Waals surface area contributed by atoms with Crippen LogP contribution in [-0.2, 0) is 4.74 Å². The Bertz CT molecular complexity index is 276. The lowest BCUT2D eigenvalue weighted by atomic mass is 10.2. The van der Waals surface area contributed by atoms with Crippen LogP contribution in [0.15, 0.2) is 0 Å². The van der Waals surface area contributed by atoms with Gasteiger partial charge in [-0.15, -0.1) is 0 Å². The first kappa shape index (κ1) is 13.2. The molecular weight excluding hydrogens is 220 g/mol. The average molecular weight is 237 g/mol. The van der Waals surface area contributed by atoms with Crippen LogP contribution in [0.2, 0.25) is 0 Å². The summed E-state index contributed by atoms with van der Waals surface area (Å²) in [6.45, 7) is 4.50. The van der Waals surface area contributed by atoms with Gasteiger partial charge in [-0.25, -0.2) is 13.6 Å². The molecule has 0 aromatic rings. The van der Waals surface area contributed by atoms with Gasteiger partial charge in [-0.3, -0.25) is 0 Å². The van der Waals surface area contributed by atoms with E-state index in [1.54, 1.807) is 20.8 Å². The van der Waals surface area contributed by atoms with Gasteiger partial charge in [-0.2, -0.15) is 0 Å². The summed E-state index contributed by atoms with van der Waals surface area (Å²) in [6, 6.07) is -0.940. The highest BCUT2D eigenvalue weighted by molar-refractivity contribution is 5.68. The molecule has 1 rings (SSSR count). The maximum atomic E-state index is 12.7. The van der Waals surface area contributed by atoms with Crippen LogP contribution in [0.5, 0.6) is 0 Å². The first-order chi connectivity index (χ1) is 7.15. The molecule has 2 N–H and O–H groups in total. The number of aliphatic hydroxyl groups is 1. The third-order valence-electron chi connectivity index (χ3n) is 2.26. The average Bonchev–Trinajstić information content (AvgIpc) is 2.67. The highest BCUT2D eigenvalue weighted by Gasteiger charge is 2.60. The number of rotatable bonds is 3. The SMILES string of the molecule is CC(C)(C)OC(=O)N[C@H](CO)C1CC1(F)F. The van der Waals surface area contributed by atoms with E-state index in [1.807, 2.05) is 0 Å². The van der Waals surface area contributed by atoms with Gasteiger partial charge >= 0.3 is 6.09 Å². The number of nitrogens with one attached hydrogen (secondary N) is 1. The Labute approximate surface area is 93.0 Å². The Morgan fingerprint density at radius 1 is 1.62 bits per heavy atom. The van der Waals surface area contributed by atoms with Crippen molar-refractivity contribution < 1.29 is 23.4 Å². The van der Waals surface area contributed by atoms with Crippen LogP contribution in [0.4, 0.5) is 13.6 Å². The Hall–Kier alpha value is -0.910. The lowest BCUT2D eigenvalue weighted by molar-refractivity contribution is 0.0417. The van der Waals surface area contributed by atoms with Crippen molar-refractivity contribution in [2.75, 3.05) is 6.61 Å². The summed E-state index contributed by atoms with van der Waals surface area (Å²) in [4.78, 5) is 11.3. The molecule has 0 bridgehead atoms. The molecule has 0 aromatic carbocycles. The monoisotopic (exact) mass is 237 g/mol. The quantitative estimate of drug-likeness (QED) is 0.782. The van der Waals surface area contributed by atoms with E-state index in [0.717, 1.165) is 0 Å². The topological polar surface area (TPSA) is 58.6 Å². The smallest absolute Gasteiger partial charge is 0.407 e. The first-order valence-electron chi connectivity index (χ1n) is 5.14. The third-order valence-corrected chi connectivity index (χ3v) is 2.26. The summed E-state index contributed by atoms with van der Waals surface area (Å²) in [7, 11) is 0. The van der Waals surface area contributed by atoms with Crippen LogP contribution in [0, 0.1) is 5.92 Å². The van der Waals surface area contributed by atoms with Crippen molar-refractivity contribution in [3.63, 3.8) is 0 Å². The Kier molecular flexibility index (Phi) is 3.42. The van der Waals surface area contributed by atoms with E-state index in [-0.39, 0.29) is 6.42 Å². The number of alkyl halides is 2. The number of hydrogen-bond donors (Lipinski definition) is 2. The zero-order chi connectivity index (χ0) is 12.6. The van der Waals surface area contributed by atoms with Gasteiger partial charge in [-0.05, 0) is 20.8 Å². The summed E-state index contributed by atoms with van der Waals surface area (Å²) in [5.41, 5.74) is -0.684. The minimum atomic E-state index is -2.78. The van der Waals surface area contributed by atoms with Gasteiger partial charge in [0.05, 0.1) is 18.6 Å². The third kappa shape index (κ3) is 3.59. The van der Waals surface area contributed by atoms with Gasteiger partial charge in [0.2, 0.25) is 0 Å². The number of ether oxygens (including phenoxy) is 1. The summed E-state index contributed by atoms with van der Waals surface area (Å²) in [5, 5.41) is 11.2. The van der Waals surface area contributed by atoms with Gasteiger partial charge in [0.1, 0.15) is 5.60 Å². The van der Waals surface area contributed by atoms with Crippen molar-refractivity contribution in [3.8, 4) is 0 Å². The number of carbonyl (C=O) groups is 1. The van der Waals surface area contributed by atoms with Gasteiger partial charge in [0, 0.05) is 6.42 Å². The van der Waals surface area contributed by atoms with Crippen molar-refractivity contribution in [1.82, 2.24) is 5.32 Å². The lowest BCUT2D eigenvalue weighted by Crippen LogP contribution is -2.43. The Morgan fingerprint density at radius 3 is 2.44 bits per heavy atom. The van der Waals surface area contributed by atoms with E-state index >= 15 is 0 Å². The van der Waals surface area contributed by atoms with Crippen LogP contribution in [0.1, 0.15) is 27.2 Å². The molecule has 0 saturated heterocycles. The maximum absolute atomic E-state index is 12.7. The molecule has 1 unspecified atom stereocenters. The molecule has 6 heteroatoms. The second kappa shape index (κ2) is 4.16. The largest absolute Gasteiger partial charge is 0.444 e. The molecule has 1 saturated carbocycles. The second-order valence-electron chi connectivity index (χ2n) is 5.01. The van der Waals surface area contributed by atoms with Crippen LogP contribution >= 0.6 is 0 Å². The van der Waals surface area contributed by atoms with Crippen LogP contribution < -0.4 is 5.32 Å². The Morgan fingerprint density at radius 2 is 2.12 bits per heavy atom. The van der Waals surface area contributed by atoms with E-state index in [0.29, 0.717) is 0 Å². The standard InChI is InChI=1S/C10H17F2NO3/c1-9(2,3)16-8(15)13-7(5-14)6-4-10(6,11)12/h6-7,14H,4-5H2,1-3H3,(H,13,15)/t6?,7-/m1/s1. The van der Waals surface area contributed by atoms with Crippen molar-refractivity contribution in [3.05, 3.63) is 0 Å². The molecule has 94 valence electrons. The van der Waals surface area contributed by atoms with Gasteiger partial charge in [-0.1, -0.05) is 0 Å². The fourth-order valence-electron chi connectivity index (χ4n) is 1.40. The van der Waals surface area contributed by atoms with Crippen LogP contribution in [-0.4, -0.2) is 35.4 Å². The molecule has 2 atom stereocenters. The van der Waals surface area contributed by atoms with E-state index < -0.39 is 36.2 Å². The Balaban J connectivity index is 2.43. The minimum Gasteiger partial charge on any atom is -0.444 e. The maximum Gasteiger partial charge on any atom is 0.407 e. The molecule has 0 aliphatic heterocycles. The number of hydrogen-bond acceptors (Lipinski definition) is 3. The molecule has 1 aliphatic carbocycles.